The Hall–Kier alpha value is -13.7. The Kier molecular flexibility index (Phi) is 47.2. The number of thiol groups is 2. The average Bonchev–Trinajstić information content (AvgIpc) is 1.67. The third-order valence-electron chi connectivity index (χ3n) is 21.2. The molecule has 0 radical (unpaired) electrons. The first kappa shape index (κ1) is 112. The van der Waals surface area contributed by atoms with E-state index in [-0.39, 0.29) is 63.3 Å². The number of benzene rings is 3. The minimum Gasteiger partial charge on any atom is -0.508 e. The van der Waals surface area contributed by atoms with Crippen molar-refractivity contribution < 1.29 is 106 Å². The summed E-state index contributed by atoms with van der Waals surface area (Å²) < 4.78 is 5.28. The number of H-pyrrole nitrogens is 2. The number of rotatable bonds is 61. The molecule has 19 amide bonds. The van der Waals surface area contributed by atoms with Gasteiger partial charge >= 0.3 is 0 Å². The normalized spacial score (nSPS) is 14.3. The van der Waals surface area contributed by atoms with Gasteiger partial charge in [-0.25, -0.2) is 0 Å². The van der Waals surface area contributed by atoms with Crippen molar-refractivity contribution in [2.45, 2.75) is 216 Å². The molecule has 0 aliphatic heterocycles. The Labute approximate surface area is 788 Å². The molecule has 14 atom stereocenters. The van der Waals surface area contributed by atoms with Crippen LogP contribution in [0.5, 0.6) is 5.75 Å². The van der Waals surface area contributed by atoms with E-state index >= 15 is 9.59 Å². The number of amides is 19. The van der Waals surface area contributed by atoms with E-state index in [1.54, 1.807) is 82.4 Å². The molecule has 3 aromatic carbocycles. The monoisotopic (exact) mass is 1930 g/mol. The number of primary amides is 4. The maximum atomic E-state index is 15.3. The number of aliphatic hydroxyl groups excluding tert-OH is 1. The van der Waals surface area contributed by atoms with Crippen LogP contribution in [0.15, 0.2) is 85.2 Å². The third kappa shape index (κ3) is 39.2. The average molecular weight is 1930 g/mol. The molecule has 5 rings (SSSR count). The van der Waals surface area contributed by atoms with E-state index in [1.165, 1.54) is 30.5 Å². The molecule has 2 heterocycles. The first-order chi connectivity index (χ1) is 63.9. The molecular formula is C86H127N25O22S2. The van der Waals surface area contributed by atoms with Crippen LogP contribution in [-0.4, -0.2) is 274 Å². The second-order valence-electron chi connectivity index (χ2n) is 32.8. The molecule has 2 aromatic heterocycles. The van der Waals surface area contributed by atoms with Crippen molar-refractivity contribution in [1.82, 2.24) is 95.0 Å². The van der Waals surface area contributed by atoms with Crippen molar-refractivity contribution in [3.05, 3.63) is 102 Å². The van der Waals surface area contributed by atoms with Gasteiger partial charge in [0.25, 0.3) is 0 Å². The van der Waals surface area contributed by atoms with Crippen LogP contribution >= 0.6 is 25.3 Å². The predicted molar refractivity (Wildman–Crippen MR) is 499 cm³/mol. The number of aromatic nitrogens is 2. The van der Waals surface area contributed by atoms with Crippen LogP contribution in [0.1, 0.15) is 129 Å². The largest absolute Gasteiger partial charge is 0.508 e. The number of aromatic hydroxyl groups is 1. The van der Waals surface area contributed by atoms with Crippen molar-refractivity contribution >= 4 is 165 Å². The molecule has 0 bridgehead atoms. The molecule has 0 spiro atoms. The lowest BCUT2D eigenvalue weighted by Gasteiger charge is -2.29. The number of fused-ring (bicyclic) bond motifs is 2. The summed E-state index contributed by atoms with van der Waals surface area (Å²) in [6.45, 7) is 7.59. The molecule has 0 saturated heterocycles. The van der Waals surface area contributed by atoms with Crippen molar-refractivity contribution in [1.29, 1.82) is 5.41 Å². The van der Waals surface area contributed by atoms with E-state index in [4.69, 9.17) is 44.5 Å². The maximum absolute atomic E-state index is 15.3. The Morgan fingerprint density at radius 1 is 0.422 bits per heavy atom. The smallest absolute Gasteiger partial charge is 0.246 e. The van der Waals surface area contributed by atoms with Crippen LogP contribution < -0.4 is 119 Å². The van der Waals surface area contributed by atoms with Gasteiger partial charge in [-0.3, -0.25) is 96.5 Å². The zero-order valence-corrected chi connectivity index (χ0v) is 77.6. The Bertz CT molecular complexity index is 4960. The highest BCUT2D eigenvalue weighted by atomic mass is 32.1. The summed E-state index contributed by atoms with van der Waals surface area (Å²) >= 11 is 8.49. The number of phenolic OH excluding ortho intramolecular Hbond substituents is 1. The van der Waals surface area contributed by atoms with Gasteiger partial charge in [0.1, 0.15) is 84.9 Å². The highest BCUT2D eigenvalue weighted by Crippen LogP contribution is 2.23. The maximum Gasteiger partial charge on any atom is 0.246 e. The lowest BCUT2D eigenvalue weighted by molar-refractivity contribution is -0.137. The molecule has 0 fully saturated rings. The predicted octanol–water partition coefficient (Wildman–Crippen LogP) is -6.82. The number of guanidine groups is 1. The number of aromatic amines is 2. The molecule has 0 aliphatic carbocycles. The number of aliphatic hydroxyl groups is 1. The fourth-order valence-electron chi connectivity index (χ4n) is 13.8. The lowest BCUT2D eigenvalue weighted by Crippen LogP contribution is -2.62. The number of ether oxygens (including phenoxy) is 1. The highest BCUT2D eigenvalue weighted by Gasteiger charge is 2.40. The molecule has 0 saturated carbocycles. The van der Waals surface area contributed by atoms with Gasteiger partial charge in [0.05, 0.1) is 25.7 Å². The number of carbonyl (C=O) groups is 19. The molecule has 33 N–H and O–H groups in total. The van der Waals surface area contributed by atoms with Gasteiger partial charge in [0.15, 0.2) is 5.96 Å². The summed E-state index contributed by atoms with van der Waals surface area (Å²) in [6, 6.07) is -0.864. The van der Waals surface area contributed by atoms with Crippen molar-refractivity contribution in [2.75, 3.05) is 50.9 Å². The topological polar surface area (TPSA) is 778 Å². The molecule has 49 heteroatoms. The fourth-order valence-corrected chi connectivity index (χ4v) is 14.3. The van der Waals surface area contributed by atoms with E-state index in [0.717, 1.165) is 13.8 Å². The van der Waals surface area contributed by atoms with Crippen LogP contribution in [0.25, 0.3) is 21.8 Å². The Morgan fingerprint density at radius 2 is 0.874 bits per heavy atom. The molecular weight excluding hydrogens is 1800 g/mol. The fraction of sp³-hybridized carbons (Fsp3) is 0.512. The van der Waals surface area contributed by atoms with Crippen LogP contribution in [-0.2, 0) is 115 Å². The number of unbranched alkanes of at least 4 members (excludes halogenated alkanes) is 1. The number of para-hydroxylation sites is 2. The summed E-state index contributed by atoms with van der Waals surface area (Å²) in [5.41, 5.74) is 35.3. The van der Waals surface area contributed by atoms with Crippen molar-refractivity contribution in [2.24, 2.45) is 46.2 Å². The zero-order chi connectivity index (χ0) is 100. The lowest BCUT2D eigenvalue weighted by atomic mass is 9.97. The SMILES string of the molecule is CC(=O)N[C@@H](CS)C(=O)N[C@@H](CCC(N)=O)C(=O)N[C@H](C(=O)N[C@@H](Cc1c[nH]c2ccccc12)C(=O)N[C@@H](CCC(N)=O)C(=O)N[C@@H](CS)C(=O)N[C@@H](Cc1ccc(O)cc1)C(=O)N[C@@H](Cc1c[nH]c2ccccc12)C(=O)N[C@@H](CCCNC(=N)N)C(=O)N[C@H](CC(=O)N[C@H](C(=O)N[C@@H](CC(N)=O)C(=O)NCC(=O)NCCOCC(=O)N[C@H](CCCCN)C(N)=O)C(C)C)C(C)C)[C@@H](C)O. The third-order valence-corrected chi connectivity index (χ3v) is 21.9. The highest BCUT2D eigenvalue weighted by molar-refractivity contribution is 7.80. The summed E-state index contributed by atoms with van der Waals surface area (Å²) in [5.74, 6) is -20.6. The molecule has 0 aliphatic rings. The zero-order valence-electron chi connectivity index (χ0n) is 75.8. The van der Waals surface area contributed by atoms with Gasteiger partial charge in [-0.1, -0.05) is 76.2 Å². The minimum atomic E-state index is -1.93. The first-order valence-corrected chi connectivity index (χ1v) is 44.9. The van der Waals surface area contributed by atoms with Gasteiger partial charge in [-0.2, -0.15) is 25.3 Å². The number of nitrogens with one attached hydrogen (secondary N) is 19. The number of hydrogen-bond donors (Lipinski definition) is 29. The number of phenols is 1. The van der Waals surface area contributed by atoms with Gasteiger partial charge in [0, 0.05) is 110 Å². The molecule has 135 heavy (non-hydrogen) atoms. The van der Waals surface area contributed by atoms with E-state index in [2.05, 4.69) is 120 Å². The van der Waals surface area contributed by atoms with Gasteiger partial charge < -0.3 is 144 Å². The van der Waals surface area contributed by atoms with Crippen LogP contribution in [0, 0.1) is 17.2 Å². The second kappa shape index (κ2) is 57.0. The Balaban J connectivity index is 1.40. The molecule has 5 aromatic rings. The Morgan fingerprint density at radius 3 is 1.36 bits per heavy atom. The van der Waals surface area contributed by atoms with E-state index in [0.29, 0.717) is 57.9 Å². The van der Waals surface area contributed by atoms with E-state index in [9.17, 15) is 91.7 Å². The van der Waals surface area contributed by atoms with Gasteiger partial charge in [-0.15, -0.1) is 0 Å². The van der Waals surface area contributed by atoms with E-state index < -0.39 is 279 Å². The molecule has 740 valence electrons. The second-order valence-corrected chi connectivity index (χ2v) is 33.5. The standard InChI is InChI=1S/C86H127N25O22S2/c1-43(2)59(36-69(118)110-72(44(3)4)84(131)108-63(35-68(90)117)75(122)98-39-70(119)94-30-31-133-40-71(120)100-55(74(91)121)18-11-12-28-87)104-76(123)56(19-13-29-95-86(92)93)101-80(127)61(33-48-37-96-53-16-9-7-14-51(48)53)106-79(126)60(32-47-20-22-50(114)23-21-47)105-83(130)65(42-135)109-77(124)57(24-26-66(88)115)102-81(128)62(34-49-38-97-54-17-10-8-15-52(49)54)107-85(132)73(45(5)112)111-78(125)58(25-27-67(89)116)103-82(129)64(41-134)99-46(6)113/h7-10,14-17,20-23,37-38,43-45,55-65,72-73,96-97,112,114,134-135H,11-13,18-19,24-36,39-42,87H2,1-6H3,(H2,88,115)(H2,89,116)(H2,90,117)(H2,91,121)(H,94,119)(H,98,122)(H,99,113)(H,100,120)(H,101,127)(H,102,128)(H,103,129)(H,104,123)(H,105,130)(H,106,126)(H,107,132)(H,108,131)(H,109,124)(H,110,118)(H,111,125)(H4,92,93,95)/t45-,55-,56+,57+,58+,59-,60+,61+,62+,63+,64+,65+,72+,73+/m1/s1. The van der Waals surface area contributed by atoms with Crippen LogP contribution in [0.2, 0.25) is 0 Å². The summed E-state index contributed by atoms with van der Waals surface area (Å²) in [6.07, 6.45) is -1.77. The quantitative estimate of drug-likeness (QED) is 0.00744. The first-order valence-electron chi connectivity index (χ1n) is 43.6. The minimum absolute atomic E-state index is 0.00656. The summed E-state index contributed by atoms with van der Waals surface area (Å²) in [7, 11) is 0. The molecule has 47 nitrogen and oxygen atoms in total. The van der Waals surface area contributed by atoms with Crippen molar-refractivity contribution in [3.63, 3.8) is 0 Å². The number of carbonyl (C=O) groups excluding carboxylic acids is 19. The van der Waals surface area contributed by atoms with Crippen molar-refractivity contribution in [3.8, 4) is 5.75 Å². The summed E-state index contributed by atoms with van der Waals surface area (Å²) in [4.78, 5) is 266. The number of hydrogen-bond acceptors (Lipinski definition) is 26. The van der Waals surface area contributed by atoms with E-state index in [1.807, 2.05) is 0 Å². The molecule has 0 unspecified atom stereocenters. The summed E-state index contributed by atoms with van der Waals surface area (Å²) in [5, 5.41) is 70.8. The van der Waals surface area contributed by atoms with Gasteiger partial charge in [0.2, 0.25) is 112 Å². The van der Waals surface area contributed by atoms with Gasteiger partial charge in [-0.05, 0) is 111 Å². The van der Waals surface area contributed by atoms with Crippen LogP contribution in [0.4, 0.5) is 0 Å². The van der Waals surface area contributed by atoms with Crippen LogP contribution in [0.3, 0.4) is 0 Å². The number of nitrogens with two attached hydrogens (primary N) is 6.